The van der Waals surface area contributed by atoms with Gasteiger partial charge >= 0.3 is 0 Å². The van der Waals surface area contributed by atoms with Crippen LogP contribution in [0.2, 0.25) is 0 Å². The molecule has 0 aliphatic carbocycles. The Morgan fingerprint density at radius 2 is 2.15 bits per heavy atom. The lowest BCUT2D eigenvalue weighted by Gasteiger charge is -2.29. The smallest absolute Gasteiger partial charge is 0.214 e. The molecule has 0 bridgehead atoms. The van der Waals surface area contributed by atoms with E-state index in [-0.39, 0.29) is 0 Å². The van der Waals surface area contributed by atoms with Crippen molar-refractivity contribution >= 4 is 12.2 Å². The second kappa shape index (κ2) is 3.47. The van der Waals surface area contributed by atoms with E-state index in [1.54, 1.807) is 0 Å². The number of H-pyrrole nitrogens is 1. The normalized spacial score (nSPS) is 17.8. The first-order chi connectivity index (χ1) is 6.29. The third-order valence-corrected chi connectivity index (χ3v) is 2.35. The lowest BCUT2D eigenvalue weighted by Crippen LogP contribution is -2.44. The summed E-state index contributed by atoms with van der Waals surface area (Å²) < 4.78 is 7.84. The third-order valence-electron chi connectivity index (χ3n) is 2.08. The first kappa shape index (κ1) is 8.71. The van der Waals surface area contributed by atoms with Crippen LogP contribution in [0.1, 0.15) is 5.82 Å². The van der Waals surface area contributed by atoms with Crippen LogP contribution in [-0.2, 0) is 4.74 Å². The molecule has 72 valence electrons. The number of ether oxygens (including phenoxy) is 1. The average Bonchev–Trinajstić information content (AvgIpc) is 2.48. The molecule has 2 heterocycles. The fourth-order valence-corrected chi connectivity index (χ4v) is 1.75. The zero-order valence-electron chi connectivity index (χ0n) is 7.49. The van der Waals surface area contributed by atoms with Crippen LogP contribution < -0.4 is 5.01 Å². The summed E-state index contributed by atoms with van der Waals surface area (Å²) >= 11 is 5.12. The number of nitrogens with zero attached hydrogens (tertiary/aromatic N) is 3. The van der Waals surface area contributed by atoms with Gasteiger partial charge in [0.25, 0.3) is 0 Å². The van der Waals surface area contributed by atoms with E-state index >= 15 is 0 Å². The van der Waals surface area contributed by atoms with Gasteiger partial charge in [-0.2, -0.15) is 5.10 Å². The topological polar surface area (TPSA) is 46.1 Å². The molecule has 2 rings (SSSR count). The summed E-state index contributed by atoms with van der Waals surface area (Å²) in [6, 6.07) is 0. The Morgan fingerprint density at radius 3 is 2.69 bits per heavy atom. The van der Waals surface area contributed by atoms with Crippen molar-refractivity contribution in [1.29, 1.82) is 0 Å². The summed E-state index contributed by atoms with van der Waals surface area (Å²) in [4.78, 5) is 0. The maximum atomic E-state index is 5.26. The Hall–Kier alpha value is -0.880. The van der Waals surface area contributed by atoms with Gasteiger partial charge in [-0.3, -0.25) is 5.10 Å². The van der Waals surface area contributed by atoms with Crippen molar-refractivity contribution in [2.45, 2.75) is 6.92 Å². The van der Waals surface area contributed by atoms with Crippen molar-refractivity contribution in [2.75, 3.05) is 31.3 Å². The van der Waals surface area contributed by atoms with Crippen molar-refractivity contribution in [1.82, 2.24) is 14.9 Å². The summed E-state index contributed by atoms with van der Waals surface area (Å²) in [5, 5.41) is 8.97. The molecule has 1 fully saturated rings. The minimum Gasteiger partial charge on any atom is -0.378 e. The number of hydrogen-bond acceptors (Lipinski definition) is 4. The highest BCUT2D eigenvalue weighted by molar-refractivity contribution is 7.71. The highest BCUT2D eigenvalue weighted by Gasteiger charge is 2.13. The molecule has 0 radical (unpaired) electrons. The monoisotopic (exact) mass is 200 g/mol. The van der Waals surface area contributed by atoms with Crippen molar-refractivity contribution in [3.05, 3.63) is 10.6 Å². The predicted molar refractivity (Wildman–Crippen MR) is 50.9 cm³/mol. The predicted octanol–water partition coefficient (Wildman–Crippen LogP) is 0.217. The molecule has 5 nitrogen and oxygen atoms in total. The highest BCUT2D eigenvalue weighted by atomic mass is 32.1. The fraction of sp³-hybridized carbons (Fsp3) is 0.714. The Labute approximate surface area is 81.3 Å². The minimum atomic E-state index is 0.652. The van der Waals surface area contributed by atoms with E-state index in [0.717, 1.165) is 32.1 Å². The van der Waals surface area contributed by atoms with Gasteiger partial charge in [0.1, 0.15) is 5.82 Å². The first-order valence-electron chi connectivity index (χ1n) is 4.26. The van der Waals surface area contributed by atoms with Gasteiger partial charge < -0.3 is 9.75 Å². The molecular formula is C7H12N4OS. The number of morpholine rings is 1. The molecule has 0 amide bonds. The summed E-state index contributed by atoms with van der Waals surface area (Å²) in [5.41, 5.74) is 0. The maximum Gasteiger partial charge on any atom is 0.214 e. The van der Waals surface area contributed by atoms with Gasteiger partial charge in [0.15, 0.2) is 0 Å². The van der Waals surface area contributed by atoms with E-state index in [0.29, 0.717) is 4.77 Å². The highest BCUT2D eigenvalue weighted by Crippen LogP contribution is 2.01. The van der Waals surface area contributed by atoms with Crippen LogP contribution in [0.5, 0.6) is 0 Å². The van der Waals surface area contributed by atoms with E-state index < -0.39 is 0 Å². The summed E-state index contributed by atoms with van der Waals surface area (Å²) in [7, 11) is 0. The summed E-state index contributed by atoms with van der Waals surface area (Å²) in [6.45, 7) is 5.18. The zero-order valence-corrected chi connectivity index (χ0v) is 8.30. The number of aromatic amines is 1. The van der Waals surface area contributed by atoms with Crippen molar-refractivity contribution < 1.29 is 4.74 Å². The SMILES string of the molecule is Cc1n[nH]c(=S)n1N1CCOCC1. The van der Waals surface area contributed by atoms with Gasteiger partial charge in [0.2, 0.25) is 4.77 Å². The number of aromatic nitrogens is 3. The molecule has 1 N–H and O–H groups in total. The zero-order chi connectivity index (χ0) is 9.26. The summed E-state index contributed by atoms with van der Waals surface area (Å²) in [5.74, 6) is 0.895. The largest absolute Gasteiger partial charge is 0.378 e. The van der Waals surface area contributed by atoms with Crippen molar-refractivity contribution in [2.24, 2.45) is 0 Å². The van der Waals surface area contributed by atoms with Gasteiger partial charge in [-0.1, -0.05) is 0 Å². The fourth-order valence-electron chi connectivity index (χ4n) is 1.46. The Balaban J connectivity index is 2.27. The quantitative estimate of drug-likeness (QED) is 0.659. The van der Waals surface area contributed by atoms with Crippen LogP contribution in [0.4, 0.5) is 0 Å². The van der Waals surface area contributed by atoms with E-state index in [2.05, 4.69) is 15.2 Å². The lowest BCUT2D eigenvalue weighted by molar-refractivity contribution is 0.110. The van der Waals surface area contributed by atoms with Crippen LogP contribution in [0.3, 0.4) is 0 Å². The van der Waals surface area contributed by atoms with Crippen molar-refractivity contribution in [3.63, 3.8) is 0 Å². The number of nitrogens with one attached hydrogen (secondary N) is 1. The maximum absolute atomic E-state index is 5.26. The molecule has 1 aliphatic rings. The van der Waals surface area contributed by atoms with E-state index in [4.69, 9.17) is 17.0 Å². The van der Waals surface area contributed by atoms with Crippen LogP contribution >= 0.6 is 12.2 Å². The molecule has 1 saturated heterocycles. The van der Waals surface area contributed by atoms with E-state index in [1.165, 1.54) is 0 Å². The Bertz CT molecular complexity index is 339. The molecule has 13 heavy (non-hydrogen) atoms. The number of aryl methyl sites for hydroxylation is 1. The lowest BCUT2D eigenvalue weighted by atomic mass is 10.5. The molecule has 6 heteroatoms. The molecule has 1 aliphatic heterocycles. The first-order valence-corrected chi connectivity index (χ1v) is 4.67. The molecule has 1 aromatic heterocycles. The van der Waals surface area contributed by atoms with E-state index in [1.807, 2.05) is 11.6 Å². The second-order valence-corrected chi connectivity index (χ2v) is 3.34. The van der Waals surface area contributed by atoms with Crippen LogP contribution in [0.15, 0.2) is 0 Å². The van der Waals surface area contributed by atoms with Gasteiger partial charge in [0.05, 0.1) is 26.3 Å². The second-order valence-electron chi connectivity index (χ2n) is 2.95. The molecule has 0 atom stereocenters. The molecule has 1 aromatic rings. The molecule has 0 spiro atoms. The molecule has 0 saturated carbocycles. The van der Waals surface area contributed by atoms with Crippen LogP contribution in [0, 0.1) is 11.7 Å². The summed E-state index contributed by atoms with van der Waals surface area (Å²) in [6.07, 6.45) is 0. The average molecular weight is 200 g/mol. The van der Waals surface area contributed by atoms with Crippen molar-refractivity contribution in [3.8, 4) is 0 Å². The standard InChI is InChI=1S/C7H12N4OS/c1-6-8-9-7(13)11(6)10-2-4-12-5-3-10/h2-5H2,1H3,(H,9,13). The van der Waals surface area contributed by atoms with Crippen LogP contribution in [-0.4, -0.2) is 41.2 Å². The van der Waals surface area contributed by atoms with Gasteiger partial charge in [-0.15, -0.1) is 0 Å². The molecule has 0 unspecified atom stereocenters. The Morgan fingerprint density at radius 1 is 1.46 bits per heavy atom. The van der Waals surface area contributed by atoms with Gasteiger partial charge in [0, 0.05) is 0 Å². The van der Waals surface area contributed by atoms with Gasteiger partial charge in [-0.25, -0.2) is 4.68 Å². The number of rotatable bonds is 1. The number of hydrogen-bond donors (Lipinski definition) is 1. The van der Waals surface area contributed by atoms with Crippen LogP contribution in [0.25, 0.3) is 0 Å². The molecular weight excluding hydrogens is 188 g/mol. The minimum absolute atomic E-state index is 0.652. The molecule has 0 aromatic carbocycles. The Kier molecular flexibility index (Phi) is 2.32. The third kappa shape index (κ3) is 1.59. The van der Waals surface area contributed by atoms with Gasteiger partial charge in [-0.05, 0) is 19.1 Å². The van der Waals surface area contributed by atoms with E-state index in [9.17, 15) is 0 Å².